The molecule has 0 aliphatic carbocycles. The molecule has 34 heavy (non-hydrogen) atoms. The van der Waals surface area contributed by atoms with Crippen LogP contribution >= 0.6 is 23.2 Å². The van der Waals surface area contributed by atoms with Crippen molar-refractivity contribution in [2.45, 2.75) is 12.4 Å². The van der Waals surface area contributed by atoms with Crippen LogP contribution in [0.25, 0.3) is 0 Å². The molecule has 0 radical (unpaired) electrons. The highest BCUT2D eigenvalue weighted by Crippen LogP contribution is 2.48. The van der Waals surface area contributed by atoms with Crippen molar-refractivity contribution in [3.8, 4) is 0 Å². The Morgan fingerprint density at radius 3 is 2.03 bits per heavy atom. The van der Waals surface area contributed by atoms with Gasteiger partial charge in [-0.1, -0.05) is 23.2 Å². The minimum absolute atomic E-state index is 0.0599. The van der Waals surface area contributed by atoms with Gasteiger partial charge in [0, 0.05) is 12.3 Å². The second kappa shape index (κ2) is 10.1. The molecule has 0 aliphatic heterocycles. The van der Waals surface area contributed by atoms with Crippen molar-refractivity contribution in [2.24, 2.45) is 0 Å². The summed E-state index contributed by atoms with van der Waals surface area (Å²) in [6, 6.07) is 0.301. The lowest BCUT2D eigenvalue weighted by molar-refractivity contribution is -0.392. The molecule has 18 heteroatoms. The van der Waals surface area contributed by atoms with E-state index in [9.17, 15) is 46.6 Å². The molecule has 2 aromatic heterocycles. The Balaban J connectivity index is 0.000000720. The highest BCUT2D eigenvalue weighted by atomic mass is 35.5. The summed E-state index contributed by atoms with van der Waals surface area (Å²) in [5, 5.41) is 22.1. The van der Waals surface area contributed by atoms with Gasteiger partial charge in [-0.3, -0.25) is 20.2 Å². The van der Waals surface area contributed by atoms with E-state index in [-0.39, 0.29) is 12.3 Å². The maximum absolute atomic E-state index is 13.0. The first-order chi connectivity index (χ1) is 15.6. The molecule has 0 unspecified atom stereocenters. The van der Waals surface area contributed by atoms with E-state index in [4.69, 9.17) is 23.2 Å². The van der Waals surface area contributed by atoms with Gasteiger partial charge in [0.05, 0.1) is 32.2 Å². The van der Waals surface area contributed by atoms with E-state index in [1.165, 1.54) is 12.7 Å². The van der Waals surface area contributed by atoms with E-state index in [1.807, 2.05) is 5.32 Å². The smallest absolute Gasteiger partial charge is 0.418 e. The number of pyridine rings is 1. The molecule has 2 heterocycles. The number of hydrogen-bond acceptors (Lipinski definition) is 8. The van der Waals surface area contributed by atoms with Crippen molar-refractivity contribution in [3.63, 3.8) is 0 Å². The fraction of sp³-hybridized carbons (Fsp3) is 0.125. The Morgan fingerprint density at radius 1 is 1.00 bits per heavy atom. The number of oxazole rings is 1. The normalized spacial score (nSPS) is 11.4. The highest BCUT2D eigenvalue weighted by Gasteiger charge is 2.42. The largest absolute Gasteiger partial charge is 0.452 e. The van der Waals surface area contributed by atoms with Crippen LogP contribution in [0.4, 0.5) is 49.2 Å². The number of aromatic nitrogens is 2. The Hall–Kier alpha value is -3.66. The Kier molecular flexibility index (Phi) is 7.89. The predicted molar refractivity (Wildman–Crippen MR) is 104 cm³/mol. The number of nitrogens with zero attached hydrogens (tertiary/aromatic N) is 4. The lowest BCUT2D eigenvalue weighted by Gasteiger charge is -2.14. The molecule has 0 saturated heterocycles. The van der Waals surface area contributed by atoms with Crippen LogP contribution in [0.1, 0.15) is 11.1 Å². The average Bonchev–Trinajstić information content (AvgIpc) is 3.27. The van der Waals surface area contributed by atoms with Crippen LogP contribution in [0.2, 0.25) is 10.0 Å². The standard InChI is InChI=1S/C13H4Cl2F6N4O4.C3H3NO/c14-6-1-4(12(16,17)18)3-22-11(6)23-9-7(24(26)27)2-5(13(19,20)21)8(15)10(9)25(28)29;1-2-5-3-4-1/h1-3H,(H,22,23);1-3H. The van der Waals surface area contributed by atoms with Gasteiger partial charge in [0.15, 0.2) is 12.1 Å². The molecular formula is C16H7Cl2F6N5O5. The Morgan fingerprint density at radius 2 is 1.65 bits per heavy atom. The van der Waals surface area contributed by atoms with Gasteiger partial charge in [0.2, 0.25) is 0 Å². The first kappa shape index (κ1) is 26.6. The van der Waals surface area contributed by atoms with Gasteiger partial charge in [-0.05, 0) is 6.07 Å². The quantitative estimate of drug-likeness (QED) is 0.223. The van der Waals surface area contributed by atoms with Crippen LogP contribution in [0.5, 0.6) is 0 Å². The Labute approximate surface area is 193 Å². The van der Waals surface area contributed by atoms with E-state index >= 15 is 0 Å². The summed E-state index contributed by atoms with van der Waals surface area (Å²) in [7, 11) is 0. The second-order valence-corrected chi connectivity index (χ2v) is 6.63. The number of benzene rings is 1. The molecule has 0 amide bonds. The number of alkyl halides is 6. The van der Waals surface area contributed by atoms with Gasteiger partial charge < -0.3 is 9.73 Å². The maximum Gasteiger partial charge on any atom is 0.418 e. The average molecular weight is 534 g/mol. The van der Waals surface area contributed by atoms with Gasteiger partial charge in [-0.25, -0.2) is 9.97 Å². The van der Waals surface area contributed by atoms with E-state index in [1.54, 1.807) is 6.20 Å². The minimum Gasteiger partial charge on any atom is -0.452 e. The van der Waals surface area contributed by atoms with E-state index in [0.29, 0.717) is 6.07 Å². The van der Waals surface area contributed by atoms with Gasteiger partial charge in [-0.2, -0.15) is 26.3 Å². The Bertz CT molecular complexity index is 1190. The van der Waals surface area contributed by atoms with Gasteiger partial charge in [-0.15, -0.1) is 0 Å². The molecular weight excluding hydrogens is 527 g/mol. The number of hydrogen-bond donors (Lipinski definition) is 1. The van der Waals surface area contributed by atoms with Crippen molar-refractivity contribution in [1.29, 1.82) is 0 Å². The predicted octanol–water partition coefficient (Wildman–Crippen LogP) is 6.66. The molecule has 0 aliphatic rings. The monoisotopic (exact) mass is 533 g/mol. The lowest BCUT2D eigenvalue weighted by atomic mass is 10.1. The van der Waals surface area contributed by atoms with Crippen molar-refractivity contribution in [3.05, 3.63) is 78.6 Å². The number of halogens is 8. The number of nitrogens with one attached hydrogen (secondary N) is 1. The van der Waals surface area contributed by atoms with Crippen LogP contribution in [-0.4, -0.2) is 19.8 Å². The molecule has 0 saturated carbocycles. The van der Waals surface area contributed by atoms with Crippen LogP contribution in [-0.2, 0) is 12.4 Å². The molecule has 0 atom stereocenters. The molecule has 3 rings (SSSR count). The molecule has 182 valence electrons. The highest BCUT2D eigenvalue weighted by molar-refractivity contribution is 6.35. The van der Waals surface area contributed by atoms with Crippen LogP contribution in [0.15, 0.2) is 41.6 Å². The molecule has 1 N–H and O–H groups in total. The fourth-order valence-corrected chi connectivity index (χ4v) is 2.79. The summed E-state index contributed by atoms with van der Waals surface area (Å²) in [6.45, 7) is 0. The zero-order valence-electron chi connectivity index (χ0n) is 15.8. The first-order valence-electron chi connectivity index (χ1n) is 8.19. The minimum atomic E-state index is -5.27. The zero-order chi connectivity index (χ0) is 25.8. The zero-order valence-corrected chi connectivity index (χ0v) is 17.3. The first-order valence-corrected chi connectivity index (χ1v) is 8.94. The topological polar surface area (TPSA) is 137 Å². The summed E-state index contributed by atoms with van der Waals surface area (Å²) in [5.74, 6) is -0.721. The summed E-state index contributed by atoms with van der Waals surface area (Å²) in [5.41, 5.74) is -7.26. The number of anilines is 2. The van der Waals surface area contributed by atoms with Crippen LogP contribution < -0.4 is 5.32 Å². The molecule has 0 bridgehead atoms. The second-order valence-electron chi connectivity index (χ2n) is 5.85. The number of nitro groups is 2. The molecule has 0 spiro atoms. The van der Waals surface area contributed by atoms with Crippen molar-refractivity contribution < 1.29 is 40.6 Å². The van der Waals surface area contributed by atoms with Crippen LogP contribution in [0, 0.1) is 20.2 Å². The summed E-state index contributed by atoms with van der Waals surface area (Å²) < 4.78 is 81.5. The fourth-order valence-electron chi connectivity index (χ4n) is 2.25. The number of rotatable bonds is 4. The van der Waals surface area contributed by atoms with Crippen molar-refractivity contribution in [1.82, 2.24) is 9.97 Å². The maximum atomic E-state index is 13.0. The lowest BCUT2D eigenvalue weighted by Crippen LogP contribution is -2.12. The summed E-state index contributed by atoms with van der Waals surface area (Å²) in [6.07, 6.45) is -5.38. The SMILES string of the molecule is O=[N+]([O-])c1cc(C(F)(F)F)c(Cl)c([N+](=O)[O-])c1Nc1ncc(C(F)(F)F)cc1Cl.c1cocn1. The van der Waals surface area contributed by atoms with Gasteiger partial charge in [0.25, 0.3) is 0 Å². The third kappa shape index (κ3) is 6.22. The van der Waals surface area contributed by atoms with Crippen molar-refractivity contribution in [2.75, 3.05) is 5.32 Å². The van der Waals surface area contributed by atoms with E-state index in [2.05, 4.69) is 14.4 Å². The summed E-state index contributed by atoms with van der Waals surface area (Å²) in [4.78, 5) is 26.4. The molecule has 10 nitrogen and oxygen atoms in total. The molecule has 1 aromatic carbocycles. The van der Waals surface area contributed by atoms with Crippen LogP contribution in [0.3, 0.4) is 0 Å². The van der Waals surface area contributed by atoms with Gasteiger partial charge in [0.1, 0.15) is 17.1 Å². The molecule has 0 fully saturated rings. The third-order valence-corrected chi connectivity index (χ3v) is 4.33. The summed E-state index contributed by atoms with van der Waals surface area (Å²) >= 11 is 11.1. The van der Waals surface area contributed by atoms with E-state index in [0.717, 1.165) is 0 Å². The number of nitro benzene ring substituents is 2. The van der Waals surface area contributed by atoms with Gasteiger partial charge >= 0.3 is 23.7 Å². The third-order valence-electron chi connectivity index (χ3n) is 3.66. The van der Waals surface area contributed by atoms with Crippen molar-refractivity contribution >= 4 is 46.1 Å². The molecule has 3 aromatic rings. The van der Waals surface area contributed by atoms with E-state index < -0.39 is 66.3 Å².